The van der Waals surface area contributed by atoms with Crippen LogP contribution in [-0.4, -0.2) is 41.0 Å². The van der Waals surface area contributed by atoms with E-state index in [1.807, 2.05) is 18.2 Å². The van der Waals surface area contributed by atoms with Gasteiger partial charge in [0.05, 0.1) is 27.3 Å². The quantitative estimate of drug-likeness (QED) is 0.738. The van der Waals surface area contributed by atoms with Crippen LogP contribution in [0.15, 0.2) is 18.2 Å². The third-order valence-electron chi connectivity index (χ3n) is 3.10. The number of tetrazole rings is 1. The third kappa shape index (κ3) is 3.91. The van der Waals surface area contributed by atoms with E-state index >= 15 is 0 Å². The highest BCUT2D eigenvalue weighted by molar-refractivity contribution is 5.42. The Morgan fingerprint density at radius 1 is 1.19 bits per heavy atom. The molecule has 7 nitrogen and oxygen atoms in total. The molecule has 114 valence electrons. The van der Waals surface area contributed by atoms with Crippen LogP contribution < -0.4 is 14.8 Å². The molecule has 7 heteroatoms. The van der Waals surface area contributed by atoms with Gasteiger partial charge in [0.15, 0.2) is 17.3 Å². The van der Waals surface area contributed by atoms with Gasteiger partial charge in [-0.1, -0.05) is 13.0 Å². The van der Waals surface area contributed by atoms with Crippen LogP contribution in [0.1, 0.15) is 24.7 Å². The lowest BCUT2D eigenvalue weighted by Gasteiger charge is -2.10. The first kappa shape index (κ1) is 15.2. The van der Waals surface area contributed by atoms with E-state index in [0.717, 1.165) is 24.4 Å². The van der Waals surface area contributed by atoms with Crippen LogP contribution in [0.4, 0.5) is 0 Å². The second kappa shape index (κ2) is 7.58. The molecule has 1 aromatic carbocycles. The van der Waals surface area contributed by atoms with Crippen LogP contribution in [0.25, 0.3) is 0 Å². The molecule has 0 unspecified atom stereocenters. The predicted molar refractivity (Wildman–Crippen MR) is 78.5 cm³/mol. The molecule has 2 rings (SSSR count). The fourth-order valence-electron chi connectivity index (χ4n) is 2.00. The average Bonchev–Trinajstić information content (AvgIpc) is 2.94. The Kier molecular flexibility index (Phi) is 5.51. The van der Waals surface area contributed by atoms with Gasteiger partial charge in [-0.3, -0.25) is 0 Å². The maximum Gasteiger partial charge on any atom is 0.165 e. The number of hydrogen-bond acceptors (Lipinski definition) is 6. The van der Waals surface area contributed by atoms with Crippen LogP contribution in [-0.2, 0) is 13.1 Å². The minimum atomic E-state index is 0.594. The molecule has 1 aromatic heterocycles. The molecule has 1 N–H and O–H groups in total. The van der Waals surface area contributed by atoms with Crippen molar-refractivity contribution in [3.8, 4) is 11.5 Å². The molecule has 0 fully saturated rings. The van der Waals surface area contributed by atoms with E-state index < -0.39 is 0 Å². The first-order valence-corrected chi connectivity index (χ1v) is 6.95. The Bertz CT molecular complexity index is 570. The SMILES string of the molecule is CCCNCc1nnnn1Cc1ccc(OC)c(OC)c1. The molecular formula is C14H21N5O2. The zero-order chi connectivity index (χ0) is 15.1. The predicted octanol–water partition coefficient (Wildman–Crippen LogP) is 1.24. The van der Waals surface area contributed by atoms with E-state index in [0.29, 0.717) is 24.6 Å². The van der Waals surface area contributed by atoms with Crippen molar-refractivity contribution in [1.82, 2.24) is 25.5 Å². The van der Waals surface area contributed by atoms with Crippen LogP contribution in [0.2, 0.25) is 0 Å². The van der Waals surface area contributed by atoms with Gasteiger partial charge in [0.2, 0.25) is 0 Å². The highest BCUT2D eigenvalue weighted by atomic mass is 16.5. The molecule has 0 aliphatic rings. The summed E-state index contributed by atoms with van der Waals surface area (Å²) in [5, 5.41) is 15.1. The van der Waals surface area contributed by atoms with Gasteiger partial charge < -0.3 is 14.8 Å². The number of aromatic nitrogens is 4. The first-order valence-electron chi connectivity index (χ1n) is 6.95. The van der Waals surface area contributed by atoms with E-state index in [1.165, 1.54) is 0 Å². The standard InChI is InChI=1S/C14H21N5O2/c1-4-7-15-9-14-16-17-18-19(14)10-11-5-6-12(20-2)13(8-11)21-3/h5-6,8,15H,4,7,9-10H2,1-3H3. The van der Waals surface area contributed by atoms with Gasteiger partial charge in [0.1, 0.15) is 0 Å². The van der Waals surface area contributed by atoms with Gasteiger partial charge in [-0.15, -0.1) is 5.10 Å². The molecule has 2 aromatic rings. The van der Waals surface area contributed by atoms with Crippen molar-refractivity contribution in [2.75, 3.05) is 20.8 Å². The number of hydrogen-bond donors (Lipinski definition) is 1. The minimum absolute atomic E-state index is 0.594. The average molecular weight is 291 g/mol. The zero-order valence-electron chi connectivity index (χ0n) is 12.7. The number of ether oxygens (including phenoxy) is 2. The summed E-state index contributed by atoms with van der Waals surface area (Å²) >= 11 is 0. The number of methoxy groups -OCH3 is 2. The van der Waals surface area contributed by atoms with Crippen molar-refractivity contribution in [2.45, 2.75) is 26.4 Å². The molecule has 21 heavy (non-hydrogen) atoms. The summed E-state index contributed by atoms with van der Waals surface area (Å²) in [4.78, 5) is 0. The fourth-order valence-corrected chi connectivity index (χ4v) is 2.00. The largest absolute Gasteiger partial charge is 0.493 e. The van der Waals surface area contributed by atoms with Crippen molar-refractivity contribution in [3.63, 3.8) is 0 Å². The Hall–Kier alpha value is -2.15. The second-order valence-corrected chi connectivity index (χ2v) is 4.62. The smallest absolute Gasteiger partial charge is 0.165 e. The molecule has 0 spiro atoms. The Labute approximate surface area is 124 Å². The van der Waals surface area contributed by atoms with Crippen LogP contribution in [0, 0.1) is 0 Å². The van der Waals surface area contributed by atoms with Gasteiger partial charge in [-0.2, -0.15) is 0 Å². The molecule has 0 saturated carbocycles. The monoisotopic (exact) mass is 291 g/mol. The highest BCUT2D eigenvalue weighted by Gasteiger charge is 2.09. The minimum Gasteiger partial charge on any atom is -0.493 e. The van der Waals surface area contributed by atoms with E-state index in [1.54, 1.807) is 18.9 Å². The summed E-state index contributed by atoms with van der Waals surface area (Å²) in [5.74, 6) is 2.23. The molecule has 0 bridgehead atoms. The summed E-state index contributed by atoms with van der Waals surface area (Å²) in [6.45, 7) is 4.33. The summed E-state index contributed by atoms with van der Waals surface area (Å²) in [7, 11) is 3.25. The van der Waals surface area contributed by atoms with Gasteiger partial charge in [-0.05, 0) is 41.1 Å². The molecular weight excluding hydrogens is 270 g/mol. The van der Waals surface area contributed by atoms with E-state index in [2.05, 4.69) is 27.8 Å². The lowest BCUT2D eigenvalue weighted by Crippen LogP contribution is -2.18. The lowest BCUT2D eigenvalue weighted by atomic mass is 10.2. The van der Waals surface area contributed by atoms with Gasteiger partial charge >= 0.3 is 0 Å². The van der Waals surface area contributed by atoms with E-state index in [9.17, 15) is 0 Å². The van der Waals surface area contributed by atoms with Gasteiger partial charge in [-0.25, -0.2) is 4.68 Å². The maximum absolute atomic E-state index is 5.31. The van der Waals surface area contributed by atoms with Crippen molar-refractivity contribution in [1.29, 1.82) is 0 Å². The second-order valence-electron chi connectivity index (χ2n) is 4.62. The maximum atomic E-state index is 5.31. The van der Waals surface area contributed by atoms with Crippen LogP contribution >= 0.6 is 0 Å². The highest BCUT2D eigenvalue weighted by Crippen LogP contribution is 2.27. The topological polar surface area (TPSA) is 74.1 Å². The van der Waals surface area contributed by atoms with Crippen LogP contribution in [0.5, 0.6) is 11.5 Å². The molecule has 1 heterocycles. The summed E-state index contributed by atoms with van der Waals surface area (Å²) < 4.78 is 12.3. The molecule has 0 saturated heterocycles. The van der Waals surface area contributed by atoms with E-state index in [4.69, 9.17) is 9.47 Å². The zero-order valence-corrected chi connectivity index (χ0v) is 12.7. The van der Waals surface area contributed by atoms with Gasteiger partial charge in [0, 0.05) is 0 Å². The fraction of sp³-hybridized carbons (Fsp3) is 0.500. The summed E-state index contributed by atoms with van der Waals surface area (Å²) in [5.41, 5.74) is 1.05. The molecule has 0 atom stereocenters. The van der Waals surface area contributed by atoms with Crippen molar-refractivity contribution in [3.05, 3.63) is 29.6 Å². The van der Waals surface area contributed by atoms with E-state index in [-0.39, 0.29) is 0 Å². The Morgan fingerprint density at radius 3 is 2.71 bits per heavy atom. The number of rotatable bonds is 8. The number of nitrogens with zero attached hydrogens (tertiary/aromatic N) is 4. The van der Waals surface area contributed by atoms with Crippen LogP contribution in [0.3, 0.4) is 0 Å². The van der Waals surface area contributed by atoms with Gasteiger partial charge in [0.25, 0.3) is 0 Å². The third-order valence-corrected chi connectivity index (χ3v) is 3.10. The summed E-state index contributed by atoms with van der Waals surface area (Å²) in [6, 6.07) is 5.80. The Morgan fingerprint density at radius 2 is 2.00 bits per heavy atom. The molecule has 0 aliphatic heterocycles. The van der Waals surface area contributed by atoms with Crippen molar-refractivity contribution >= 4 is 0 Å². The lowest BCUT2D eigenvalue weighted by molar-refractivity contribution is 0.354. The Balaban J connectivity index is 2.09. The number of nitrogens with one attached hydrogen (secondary N) is 1. The van der Waals surface area contributed by atoms with Crippen molar-refractivity contribution in [2.24, 2.45) is 0 Å². The molecule has 0 aliphatic carbocycles. The summed E-state index contributed by atoms with van der Waals surface area (Å²) in [6.07, 6.45) is 1.08. The number of benzene rings is 1. The normalized spacial score (nSPS) is 10.6. The van der Waals surface area contributed by atoms with Crippen molar-refractivity contribution < 1.29 is 9.47 Å². The first-order chi connectivity index (χ1) is 10.3. The molecule has 0 radical (unpaired) electrons. The molecule has 0 amide bonds.